The molecule has 2 aliphatic carbocycles. The van der Waals surface area contributed by atoms with Crippen LogP contribution in [0.2, 0.25) is 0 Å². The molecular weight excluding hydrogens is 292 g/mol. The molecule has 0 amide bonds. The topological polar surface area (TPSA) is 63.4 Å². The van der Waals surface area contributed by atoms with Crippen LogP contribution in [0.4, 0.5) is 0 Å². The molecule has 2 aliphatic rings. The van der Waals surface area contributed by atoms with Crippen molar-refractivity contribution in [3.8, 4) is 0 Å². The van der Waals surface area contributed by atoms with Gasteiger partial charge in [-0.25, -0.2) is 8.42 Å². The fourth-order valence-electron chi connectivity index (χ4n) is 3.55. The first-order valence-electron chi connectivity index (χ1n) is 7.77. The summed E-state index contributed by atoms with van der Waals surface area (Å²) in [5.74, 6) is 0.607. The molecule has 6 heteroatoms. The van der Waals surface area contributed by atoms with Crippen molar-refractivity contribution in [1.82, 2.24) is 4.31 Å². The van der Waals surface area contributed by atoms with Crippen LogP contribution in [0.15, 0.2) is 0 Å². The predicted octanol–water partition coefficient (Wildman–Crippen LogP) is 2.43. The molecule has 0 atom stereocenters. The van der Waals surface area contributed by atoms with Crippen LogP contribution in [0.3, 0.4) is 0 Å². The van der Waals surface area contributed by atoms with E-state index in [1.165, 1.54) is 19.3 Å². The molecule has 0 aliphatic heterocycles. The Balaban J connectivity index is 2.06. The number of sulfonamides is 1. The molecule has 0 bridgehead atoms. The minimum Gasteiger partial charge on any atom is -0.392 e. The number of nitrogens with zero attached hydrogens (tertiary/aromatic N) is 1. The summed E-state index contributed by atoms with van der Waals surface area (Å²) in [5, 5.41) is 0. The van der Waals surface area contributed by atoms with E-state index < -0.39 is 10.0 Å². The highest BCUT2D eigenvalue weighted by atomic mass is 32.2. The van der Waals surface area contributed by atoms with Crippen molar-refractivity contribution >= 4 is 27.2 Å². The van der Waals surface area contributed by atoms with Crippen molar-refractivity contribution in [2.75, 3.05) is 12.3 Å². The zero-order valence-corrected chi connectivity index (χ0v) is 13.7. The van der Waals surface area contributed by atoms with E-state index in [9.17, 15) is 8.42 Å². The van der Waals surface area contributed by atoms with Crippen molar-refractivity contribution in [3.63, 3.8) is 0 Å². The largest absolute Gasteiger partial charge is 0.392 e. The van der Waals surface area contributed by atoms with Crippen LogP contribution in [0, 0.1) is 5.92 Å². The molecule has 4 nitrogen and oxygen atoms in total. The van der Waals surface area contributed by atoms with Crippen molar-refractivity contribution in [2.24, 2.45) is 11.7 Å². The van der Waals surface area contributed by atoms with Gasteiger partial charge in [-0.3, -0.25) is 0 Å². The highest BCUT2D eigenvalue weighted by Crippen LogP contribution is 2.29. The zero-order valence-electron chi connectivity index (χ0n) is 12.1. The van der Waals surface area contributed by atoms with Crippen molar-refractivity contribution in [1.29, 1.82) is 0 Å². The Bertz CT molecular complexity index is 424. The standard InChI is InChI=1S/C14H26N2O2S2/c15-14(19)10-16(13-8-4-5-9-13)20(17,18)11-12-6-2-1-3-7-12/h12-13H,1-11H2,(H2,15,19). The average Bonchev–Trinajstić information content (AvgIpc) is 2.89. The third kappa shape index (κ3) is 4.40. The van der Waals surface area contributed by atoms with E-state index in [2.05, 4.69) is 0 Å². The second-order valence-corrected chi connectivity index (χ2v) is 8.72. The molecule has 116 valence electrons. The summed E-state index contributed by atoms with van der Waals surface area (Å²) in [7, 11) is -3.23. The van der Waals surface area contributed by atoms with E-state index in [-0.39, 0.29) is 23.3 Å². The molecule has 0 aromatic carbocycles. The van der Waals surface area contributed by atoms with Gasteiger partial charge < -0.3 is 5.73 Å². The van der Waals surface area contributed by atoms with Gasteiger partial charge in [-0.1, -0.05) is 44.3 Å². The molecule has 0 spiro atoms. The summed E-state index contributed by atoms with van der Waals surface area (Å²) in [4.78, 5) is 0.282. The second-order valence-electron chi connectivity index (χ2n) is 6.23. The summed E-state index contributed by atoms with van der Waals surface area (Å²) in [5.41, 5.74) is 5.62. The van der Waals surface area contributed by atoms with Crippen molar-refractivity contribution < 1.29 is 8.42 Å². The van der Waals surface area contributed by atoms with Crippen LogP contribution in [0.25, 0.3) is 0 Å². The quantitative estimate of drug-likeness (QED) is 0.764. The smallest absolute Gasteiger partial charge is 0.215 e. The van der Waals surface area contributed by atoms with Crippen molar-refractivity contribution in [2.45, 2.75) is 63.8 Å². The Labute approximate surface area is 128 Å². The van der Waals surface area contributed by atoms with Crippen molar-refractivity contribution in [3.05, 3.63) is 0 Å². The van der Waals surface area contributed by atoms with Crippen LogP contribution >= 0.6 is 12.2 Å². The maximum absolute atomic E-state index is 12.7. The van der Waals surface area contributed by atoms with E-state index in [0.717, 1.165) is 38.5 Å². The molecular formula is C14H26N2O2S2. The van der Waals surface area contributed by atoms with Crippen LogP contribution in [-0.4, -0.2) is 36.1 Å². The summed E-state index contributed by atoms with van der Waals surface area (Å²) in [6, 6.07) is 0.116. The third-order valence-corrected chi connectivity index (χ3v) is 6.74. The van der Waals surface area contributed by atoms with Crippen LogP contribution in [-0.2, 0) is 10.0 Å². The van der Waals surface area contributed by atoms with Gasteiger partial charge in [0.25, 0.3) is 0 Å². The maximum Gasteiger partial charge on any atom is 0.215 e. The first kappa shape index (κ1) is 16.2. The van der Waals surface area contributed by atoms with E-state index in [1.54, 1.807) is 4.31 Å². The van der Waals surface area contributed by atoms with Gasteiger partial charge in [0, 0.05) is 6.04 Å². The highest BCUT2D eigenvalue weighted by molar-refractivity contribution is 7.89. The van der Waals surface area contributed by atoms with Gasteiger partial charge in [-0.05, 0) is 31.6 Å². The van der Waals surface area contributed by atoms with Gasteiger partial charge in [0.05, 0.1) is 17.3 Å². The van der Waals surface area contributed by atoms with Gasteiger partial charge in [0.2, 0.25) is 10.0 Å². The molecule has 0 saturated heterocycles. The second kappa shape index (κ2) is 7.18. The van der Waals surface area contributed by atoms with Gasteiger partial charge >= 0.3 is 0 Å². The van der Waals surface area contributed by atoms with Gasteiger partial charge in [0.15, 0.2) is 0 Å². The molecule has 2 N–H and O–H groups in total. The third-order valence-electron chi connectivity index (χ3n) is 4.57. The number of rotatable bonds is 6. The first-order chi connectivity index (χ1) is 9.49. The number of hydrogen-bond donors (Lipinski definition) is 1. The lowest BCUT2D eigenvalue weighted by molar-refractivity contribution is 0.338. The fraction of sp³-hybridized carbons (Fsp3) is 0.929. The van der Waals surface area contributed by atoms with Gasteiger partial charge in [0.1, 0.15) is 0 Å². The Kier molecular flexibility index (Phi) is 5.81. The molecule has 0 aromatic rings. The SMILES string of the molecule is NC(=S)CN(C1CCCC1)S(=O)(=O)CC1CCCCC1. The minimum absolute atomic E-state index is 0.116. The van der Waals surface area contributed by atoms with Crippen LogP contribution < -0.4 is 5.73 Å². The minimum atomic E-state index is -3.23. The molecule has 0 heterocycles. The summed E-state index contributed by atoms with van der Waals surface area (Å²) in [6.07, 6.45) is 9.79. The molecule has 20 heavy (non-hydrogen) atoms. The van der Waals surface area contributed by atoms with Crippen LogP contribution in [0.1, 0.15) is 57.8 Å². The van der Waals surface area contributed by atoms with E-state index in [1.807, 2.05) is 0 Å². The van der Waals surface area contributed by atoms with E-state index in [4.69, 9.17) is 18.0 Å². The summed E-state index contributed by atoms with van der Waals surface area (Å²) >= 11 is 4.95. The fourth-order valence-corrected chi connectivity index (χ4v) is 5.89. The lowest BCUT2D eigenvalue weighted by atomic mass is 9.91. The normalized spacial score (nSPS) is 22.4. The monoisotopic (exact) mass is 318 g/mol. The lowest BCUT2D eigenvalue weighted by Crippen LogP contribution is -2.45. The predicted molar refractivity (Wildman–Crippen MR) is 86.1 cm³/mol. The van der Waals surface area contributed by atoms with Crippen LogP contribution in [0.5, 0.6) is 0 Å². The number of nitrogens with two attached hydrogens (primary N) is 1. The molecule has 2 rings (SSSR count). The molecule has 2 saturated carbocycles. The molecule has 0 unspecified atom stereocenters. The highest BCUT2D eigenvalue weighted by Gasteiger charge is 2.34. The van der Waals surface area contributed by atoms with E-state index >= 15 is 0 Å². The summed E-state index contributed by atoms with van der Waals surface area (Å²) < 4.78 is 27.1. The lowest BCUT2D eigenvalue weighted by Gasteiger charge is -2.30. The number of thiocarbonyl (C=S) groups is 1. The summed E-state index contributed by atoms with van der Waals surface area (Å²) in [6.45, 7) is 0.217. The number of hydrogen-bond acceptors (Lipinski definition) is 3. The van der Waals surface area contributed by atoms with E-state index in [0.29, 0.717) is 5.92 Å². The Hall–Kier alpha value is -0.200. The molecule has 2 fully saturated rings. The Morgan fingerprint density at radius 3 is 2.15 bits per heavy atom. The van der Waals surface area contributed by atoms with Gasteiger partial charge in [-0.2, -0.15) is 4.31 Å². The average molecular weight is 319 g/mol. The molecule has 0 radical (unpaired) electrons. The Morgan fingerprint density at radius 1 is 1.05 bits per heavy atom. The Morgan fingerprint density at radius 2 is 1.60 bits per heavy atom. The first-order valence-corrected chi connectivity index (χ1v) is 9.78. The molecule has 0 aromatic heterocycles. The van der Waals surface area contributed by atoms with Gasteiger partial charge in [-0.15, -0.1) is 0 Å². The zero-order chi connectivity index (χ0) is 14.6. The maximum atomic E-state index is 12.7.